The second kappa shape index (κ2) is 5.21. The Bertz CT molecular complexity index is 485. The quantitative estimate of drug-likeness (QED) is 0.882. The molecule has 1 amide bonds. The molecule has 0 saturated heterocycles. The summed E-state index contributed by atoms with van der Waals surface area (Å²) in [5, 5.41) is 10.9. The second-order valence-corrected chi connectivity index (χ2v) is 4.60. The van der Waals surface area contributed by atoms with Crippen LogP contribution in [0.1, 0.15) is 27.9 Å². The van der Waals surface area contributed by atoms with Crippen molar-refractivity contribution in [3.63, 3.8) is 0 Å². The van der Waals surface area contributed by atoms with Gasteiger partial charge in [0.25, 0.3) is 5.91 Å². The van der Waals surface area contributed by atoms with Crippen LogP contribution in [0.4, 0.5) is 13.2 Å². The lowest BCUT2D eigenvalue weighted by atomic mass is 10.1. The number of aryl methyl sites for hydroxylation is 2. The standard InChI is InChI=1S/C13H14F3NO2/c14-13(15,16)11(18)7-17-12(19)10-5-4-8-2-1-3-9(8)6-10/h4-6,11,18H,1-3,7H2,(H,17,19). The lowest BCUT2D eigenvalue weighted by Gasteiger charge is -2.15. The number of fused-ring (bicyclic) bond motifs is 1. The van der Waals surface area contributed by atoms with Crippen molar-refractivity contribution in [2.75, 3.05) is 6.54 Å². The number of rotatable bonds is 3. The van der Waals surface area contributed by atoms with Gasteiger partial charge in [0.05, 0.1) is 6.54 Å². The Morgan fingerprint density at radius 2 is 2.00 bits per heavy atom. The van der Waals surface area contributed by atoms with Crippen molar-refractivity contribution >= 4 is 5.91 Å². The maximum atomic E-state index is 12.1. The largest absolute Gasteiger partial charge is 0.416 e. The number of carbonyl (C=O) groups is 1. The van der Waals surface area contributed by atoms with Crippen LogP contribution >= 0.6 is 0 Å². The van der Waals surface area contributed by atoms with Gasteiger partial charge in [0, 0.05) is 5.56 Å². The van der Waals surface area contributed by atoms with E-state index in [-0.39, 0.29) is 0 Å². The van der Waals surface area contributed by atoms with Crippen LogP contribution < -0.4 is 5.32 Å². The number of hydrogen-bond acceptors (Lipinski definition) is 2. The van der Waals surface area contributed by atoms with Gasteiger partial charge in [-0.1, -0.05) is 6.07 Å². The van der Waals surface area contributed by atoms with Gasteiger partial charge in [-0.25, -0.2) is 0 Å². The third-order valence-electron chi connectivity index (χ3n) is 3.19. The van der Waals surface area contributed by atoms with E-state index in [9.17, 15) is 18.0 Å². The molecule has 0 bridgehead atoms. The minimum atomic E-state index is -4.72. The van der Waals surface area contributed by atoms with E-state index in [2.05, 4.69) is 5.32 Å². The van der Waals surface area contributed by atoms with Crippen molar-refractivity contribution in [1.82, 2.24) is 5.32 Å². The summed E-state index contributed by atoms with van der Waals surface area (Å²) >= 11 is 0. The van der Waals surface area contributed by atoms with Crippen molar-refractivity contribution in [2.45, 2.75) is 31.5 Å². The number of carbonyl (C=O) groups excluding carboxylic acids is 1. The number of halogens is 3. The molecule has 0 saturated carbocycles. The first-order valence-electron chi connectivity index (χ1n) is 6.02. The Balaban J connectivity index is 1.97. The molecule has 3 nitrogen and oxygen atoms in total. The summed E-state index contributed by atoms with van der Waals surface area (Å²) in [4.78, 5) is 11.7. The number of amides is 1. The predicted octanol–water partition coefficient (Wildman–Crippen LogP) is 1.83. The van der Waals surface area contributed by atoms with E-state index >= 15 is 0 Å². The molecule has 2 N–H and O–H groups in total. The highest BCUT2D eigenvalue weighted by molar-refractivity contribution is 5.94. The lowest BCUT2D eigenvalue weighted by molar-refractivity contribution is -0.201. The maximum absolute atomic E-state index is 12.1. The van der Waals surface area contributed by atoms with E-state index in [4.69, 9.17) is 5.11 Å². The fourth-order valence-electron chi connectivity index (χ4n) is 2.12. The van der Waals surface area contributed by atoms with E-state index < -0.39 is 24.7 Å². The molecule has 19 heavy (non-hydrogen) atoms. The maximum Gasteiger partial charge on any atom is 0.416 e. The number of hydrogen-bond donors (Lipinski definition) is 2. The van der Waals surface area contributed by atoms with Crippen LogP contribution in [0.5, 0.6) is 0 Å². The lowest BCUT2D eigenvalue weighted by Crippen LogP contribution is -2.40. The van der Waals surface area contributed by atoms with Gasteiger partial charge in [-0.3, -0.25) is 4.79 Å². The molecule has 0 aliphatic heterocycles. The van der Waals surface area contributed by atoms with Crippen LogP contribution in [0.15, 0.2) is 18.2 Å². The number of nitrogens with one attached hydrogen (secondary N) is 1. The Hall–Kier alpha value is -1.56. The molecular formula is C13H14F3NO2. The van der Waals surface area contributed by atoms with E-state index in [0.717, 1.165) is 24.8 Å². The molecule has 2 rings (SSSR count). The highest BCUT2D eigenvalue weighted by atomic mass is 19.4. The van der Waals surface area contributed by atoms with Crippen molar-refractivity contribution in [3.05, 3.63) is 34.9 Å². The van der Waals surface area contributed by atoms with Crippen molar-refractivity contribution in [1.29, 1.82) is 0 Å². The van der Waals surface area contributed by atoms with Crippen molar-refractivity contribution in [3.8, 4) is 0 Å². The molecule has 0 aromatic heterocycles. The summed E-state index contributed by atoms with van der Waals surface area (Å²) in [6.07, 6.45) is -4.35. The normalized spacial score (nSPS) is 16.0. The Kier molecular flexibility index (Phi) is 3.80. The Morgan fingerprint density at radius 1 is 1.32 bits per heavy atom. The van der Waals surface area contributed by atoms with Gasteiger partial charge in [-0.05, 0) is 42.5 Å². The molecule has 104 valence electrons. The molecule has 0 radical (unpaired) electrons. The number of aliphatic hydroxyl groups is 1. The molecule has 0 heterocycles. The fourth-order valence-corrected chi connectivity index (χ4v) is 2.12. The van der Waals surface area contributed by atoms with Gasteiger partial charge >= 0.3 is 6.18 Å². The summed E-state index contributed by atoms with van der Waals surface area (Å²) in [6, 6.07) is 5.13. The van der Waals surface area contributed by atoms with Gasteiger partial charge in [0.15, 0.2) is 6.10 Å². The van der Waals surface area contributed by atoms with Crippen LogP contribution in [-0.4, -0.2) is 29.8 Å². The molecule has 0 spiro atoms. The fraction of sp³-hybridized carbons (Fsp3) is 0.462. The monoisotopic (exact) mass is 273 g/mol. The van der Waals surface area contributed by atoms with Gasteiger partial charge in [-0.15, -0.1) is 0 Å². The average molecular weight is 273 g/mol. The van der Waals surface area contributed by atoms with E-state index in [1.165, 1.54) is 5.56 Å². The summed E-state index contributed by atoms with van der Waals surface area (Å²) in [6.45, 7) is -0.834. The summed E-state index contributed by atoms with van der Waals surface area (Å²) in [5.74, 6) is -0.599. The zero-order chi connectivity index (χ0) is 14.0. The number of benzene rings is 1. The summed E-state index contributed by atoms with van der Waals surface area (Å²) in [7, 11) is 0. The molecule has 1 aromatic carbocycles. The van der Waals surface area contributed by atoms with Crippen LogP contribution in [0.2, 0.25) is 0 Å². The molecule has 1 atom stereocenters. The molecule has 1 aliphatic rings. The number of alkyl halides is 3. The minimum Gasteiger partial charge on any atom is -0.382 e. The highest BCUT2D eigenvalue weighted by Crippen LogP contribution is 2.23. The molecule has 1 unspecified atom stereocenters. The third-order valence-corrected chi connectivity index (χ3v) is 3.19. The third kappa shape index (κ3) is 3.26. The van der Waals surface area contributed by atoms with E-state index in [0.29, 0.717) is 5.56 Å². The molecule has 6 heteroatoms. The molecule has 0 fully saturated rings. The summed E-state index contributed by atoms with van der Waals surface area (Å²) in [5.41, 5.74) is 2.59. The highest BCUT2D eigenvalue weighted by Gasteiger charge is 2.38. The van der Waals surface area contributed by atoms with Crippen LogP contribution in [0, 0.1) is 0 Å². The first-order valence-corrected chi connectivity index (χ1v) is 6.02. The second-order valence-electron chi connectivity index (χ2n) is 4.60. The molecule has 1 aliphatic carbocycles. The van der Waals surface area contributed by atoms with Gasteiger partial charge in [0.2, 0.25) is 0 Å². The minimum absolute atomic E-state index is 0.329. The van der Waals surface area contributed by atoms with Crippen molar-refractivity contribution in [2.24, 2.45) is 0 Å². The van der Waals surface area contributed by atoms with Crippen LogP contribution in [0.3, 0.4) is 0 Å². The molecular weight excluding hydrogens is 259 g/mol. The zero-order valence-corrected chi connectivity index (χ0v) is 10.1. The first kappa shape index (κ1) is 13.9. The zero-order valence-electron chi connectivity index (χ0n) is 10.1. The van der Waals surface area contributed by atoms with Gasteiger partial charge in [-0.2, -0.15) is 13.2 Å². The van der Waals surface area contributed by atoms with Crippen LogP contribution in [-0.2, 0) is 12.8 Å². The van der Waals surface area contributed by atoms with E-state index in [1.807, 2.05) is 6.07 Å². The van der Waals surface area contributed by atoms with Crippen molar-refractivity contribution < 1.29 is 23.1 Å². The average Bonchev–Trinajstić information content (AvgIpc) is 2.81. The van der Waals surface area contributed by atoms with E-state index in [1.54, 1.807) is 12.1 Å². The topological polar surface area (TPSA) is 49.3 Å². The Morgan fingerprint density at radius 3 is 2.68 bits per heavy atom. The predicted molar refractivity (Wildman–Crippen MR) is 62.9 cm³/mol. The summed E-state index contributed by atoms with van der Waals surface area (Å²) < 4.78 is 36.2. The molecule has 1 aromatic rings. The van der Waals surface area contributed by atoms with Gasteiger partial charge in [0.1, 0.15) is 0 Å². The Labute approximate surface area is 108 Å². The number of aliphatic hydroxyl groups excluding tert-OH is 1. The first-order chi connectivity index (χ1) is 8.88. The SMILES string of the molecule is O=C(NCC(O)C(F)(F)F)c1ccc2c(c1)CCC2. The van der Waals surface area contributed by atoms with Crippen LogP contribution in [0.25, 0.3) is 0 Å². The van der Waals surface area contributed by atoms with Gasteiger partial charge < -0.3 is 10.4 Å². The smallest absolute Gasteiger partial charge is 0.382 e.